The lowest BCUT2D eigenvalue weighted by Crippen LogP contribution is -2.50. The van der Waals surface area contributed by atoms with E-state index >= 15 is 0 Å². The highest BCUT2D eigenvalue weighted by atomic mass is 16.6. The highest BCUT2D eigenvalue weighted by molar-refractivity contribution is 5.88. The van der Waals surface area contributed by atoms with Crippen molar-refractivity contribution in [1.29, 1.82) is 5.26 Å². The molecule has 9 nitrogen and oxygen atoms in total. The second kappa shape index (κ2) is 7.33. The highest BCUT2D eigenvalue weighted by Crippen LogP contribution is 2.26. The molecular weight excluding hydrogens is 338 g/mol. The van der Waals surface area contributed by atoms with Crippen LogP contribution in [0.5, 0.6) is 0 Å². The Morgan fingerprint density at radius 1 is 1.35 bits per heavy atom. The van der Waals surface area contributed by atoms with Gasteiger partial charge in [0, 0.05) is 50.8 Å². The van der Waals surface area contributed by atoms with E-state index in [-0.39, 0.29) is 18.2 Å². The van der Waals surface area contributed by atoms with Gasteiger partial charge in [0.1, 0.15) is 12.4 Å². The second-order valence-electron chi connectivity index (χ2n) is 5.90. The number of anilines is 1. The standard InChI is InChI=1S/C17H17N5O4/c1-26-11-17(23)21-6-4-20(5-7-21)16-8-12(10-18)14-9-13(22(24)25)2-3-15(14)19-16/h2-3,8-9H,4-7,11H2,1H3. The number of hydrogen-bond acceptors (Lipinski definition) is 7. The summed E-state index contributed by atoms with van der Waals surface area (Å²) in [7, 11) is 1.49. The van der Waals surface area contributed by atoms with Crippen molar-refractivity contribution >= 4 is 28.3 Å². The Morgan fingerprint density at radius 3 is 2.69 bits per heavy atom. The van der Waals surface area contributed by atoms with Gasteiger partial charge in [0.2, 0.25) is 5.91 Å². The molecule has 1 fully saturated rings. The number of aromatic nitrogens is 1. The Hall–Kier alpha value is -3.25. The van der Waals surface area contributed by atoms with Gasteiger partial charge in [-0.05, 0) is 12.1 Å². The number of carbonyl (C=O) groups is 1. The van der Waals surface area contributed by atoms with Gasteiger partial charge in [-0.2, -0.15) is 5.26 Å². The predicted molar refractivity (Wildman–Crippen MR) is 93.8 cm³/mol. The number of hydrogen-bond donors (Lipinski definition) is 0. The van der Waals surface area contributed by atoms with Crippen LogP contribution in [0.4, 0.5) is 11.5 Å². The number of pyridine rings is 1. The summed E-state index contributed by atoms with van der Waals surface area (Å²) in [5.74, 6) is 0.574. The van der Waals surface area contributed by atoms with Crippen molar-refractivity contribution in [3.05, 3.63) is 39.9 Å². The molecule has 0 bridgehead atoms. The Labute approximate surface area is 149 Å². The smallest absolute Gasteiger partial charge is 0.270 e. The summed E-state index contributed by atoms with van der Waals surface area (Å²) in [5, 5.41) is 20.8. The van der Waals surface area contributed by atoms with Gasteiger partial charge in [-0.3, -0.25) is 14.9 Å². The summed E-state index contributed by atoms with van der Waals surface area (Å²) in [6.45, 7) is 2.33. The quantitative estimate of drug-likeness (QED) is 0.600. The molecular formula is C17H17N5O4. The molecule has 0 radical (unpaired) electrons. The van der Waals surface area contributed by atoms with Gasteiger partial charge >= 0.3 is 0 Å². The predicted octanol–water partition coefficient (Wildman–Crippen LogP) is 1.31. The molecule has 1 aromatic heterocycles. The first-order chi connectivity index (χ1) is 12.5. The number of piperazine rings is 1. The molecule has 1 aliphatic heterocycles. The van der Waals surface area contributed by atoms with Crippen LogP contribution in [0.3, 0.4) is 0 Å². The summed E-state index contributed by atoms with van der Waals surface area (Å²) in [5.41, 5.74) is 0.794. The molecule has 9 heteroatoms. The van der Waals surface area contributed by atoms with Gasteiger partial charge in [-0.25, -0.2) is 4.98 Å². The number of fused-ring (bicyclic) bond motifs is 1. The van der Waals surface area contributed by atoms with E-state index < -0.39 is 4.92 Å². The van der Waals surface area contributed by atoms with E-state index in [2.05, 4.69) is 11.1 Å². The molecule has 0 aliphatic carbocycles. The number of rotatable bonds is 4. The van der Waals surface area contributed by atoms with Crippen LogP contribution in [0.25, 0.3) is 10.9 Å². The number of ether oxygens (including phenoxy) is 1. The fourth-order valence-electron chi connectivity index (χ4n) is 2.97. The molecule has 1 aliphatic rings. The van der Waals surface area contributed by atoms with Crippen molar-refractivity contribution in [2.75, 3.05) is 44.8 Å². The zero-order valence-electron chi connectivity index (χ0n) is 14.2. The molecule has 0 saturated carbocycles. The number of carbonyl (C=O) groups excluding carboxylic acids is 1. The monoisotopic (exact) mass is 355 g/mol. The number of nitro benzene ring substituents is 1. The molecule has 2 heterocycles. The molecule has 0 spiro atoms. The molecule has 3 rings (SSSR count). The minimum atomic E-state index is -0.495. The van der Waals surface area contributed by atoms with Crippen molar-refractivity contribution in [3.63, 3.8) is 0 Å². The second-order valence-corrected chi connectivity index (χ2v) is 5.90. The fourth-order valence-corrected chi connectivity index (χ4v) is 2.97. The van der Waals surface area contributed by atoms with E-state index in [9.17, 15) is 20.2 Å². The Bertz CT molecular complexity index is 900. The average Bonchev–Trinajstić information content (AvgIpc) is 2.66. The van der Waals surface area contributed by atoms with Crippen LogP contribution in [0, 0.1) is 21.4 Å². The minimum Gasteiger partial charge on any atom is -0.375 e. The number of benzene rings is 1. The molecule has 1 saturated heterocycles. The van der Waals surface area contributed by atoms with E-state index in [1.807, 2.05) is 4.90 Å². The van der Waals surface area contributed by atoms with E-state index in [1.54, 1.807) is 17.0 Å². The minimum absolute atomic E-state index is 0.0522. The summed E-state index contributed by atoms with van der Waals surface area (Å²) >= 11 is 0. The number of non-ortho nitro benzene ring substituents is 1. The topological polar surface area (TPSA) is 113 Å². The molecule has 0 unspecified atom stereocenters. The Balaban J connectivity index is 1.86. The van der Waals surface area contributed by atoms with E-state index in [1.165, 1.54) is 19.2 Å². The van der Waals surface area contributed by atoms with Gasteiger partial charge in [0.05, 0.1) is 22.1 Å². The number of methoxy groups -OCH3 is 1. The molecule has 0 N–H and O–H groups in total. The first-order valence-corrected chi connectivity index (χ1v) is 8.04. The normalized spacial score (nSPS) is 14.3. The highest BCUT2D eigenvalue weighted by Gasteiger charge is 2.22. The first kappa shape index (κ1) is 17.6. The van der Waals surface area contributed by atoms with Gasteiger partial charge in [0.25, 0.3) is 5.69 Å². The lowest BCUT2D eigenvalue weighted by molar-refractivity contribution is -0.384. The van der Waals surface area contributed by atoms with E-state index in [4.69, 9.17) is 4.74 Å². The van der Waals surface area contributed by atoms with Crippen molar-refractivity contribution < 1.29 is 14.5 Å². The summed E-state index contributed by atoms with van der Waals surface area (Å²) in [4.78, 5) is 30.6. The van der Waals surface area contributed by atoms with Crippen LogP contribution in [0.1, 0.15) is 5.56 Å². The molecule has 26 heavy (non-hydrogen) atoms. The van der Waals surface area contributed by atoms with Crippen molar-refractivity contribution in [1.82, 2.24) is 9.88 Å². The maximum atomic E-state index is 11.9. The number of nitriles is 1. The lowest BCUT2D eigenvalue weighted by Gasteiger charge is -2.35. The van der Waals surface area contributed by atoms with Gasteiger partial charge in [-0.15, -0.1) is 0 Å². The Kier molecular flexibility index (Phi) is 4.95. The summed E-state index contributed by atoms with van der Waals surface area (Å²) < 4.78 is 4.87. The molecule has 1 aromatic carbocycles. The van der Waals surface area contributed by atoms with E-state index in [0.717, 1.165) is 0 Å². The van der Waals surface area contributed by atoms with Crippen molar-refractivity contribution in [2.24, 2.45) is 0 Å². The van der Waals surface area contributed by atoms with Crippen LogP contribution < -0.4 is 4.90 Å². The number of nitro groups is 1. The third-order valence-corrected chi connectivity index (χ3v) is 4.33. The third-order valence-electron chi connectivity index (χ3n) is 4.33. The van der Waals surface area contributed by atoms with Gasteiger partial charge in [-0.1, -0.05) is 0 Å². The van der Waals surface area contributed by atoms with Crippen LogP contribution in [-0.2, 0) is 9.53 Å². The van der Waals surface area contributed by atoms with Crippen LogP contribution in [0.2, 0.25) is 0 Å². The third kappa shape index (κ3) is 3.41. The number of amides is 1. The summed E-state index contributed by atoms with van der Waals surface area (Å²) in [6.07, 6.45) is 0. The van der Waals surface area contributed by atoms with Crippen molar-refractivity contribution in [2.45, 2.75) is 0 Å². The van der Waals surface area contributed by atoms with Gasteiger partial charge in [0.15, 0.2) is 0 Å². The summed E-state index contributed by atoms with van der Waals surface area (Å²) in [6, 6.07) is 8.02. The lowest BCUT2D eigenvalue weighted by atomic mass is 10.1. The van der Waals surface area contributed by atoms with Gasteiger partial charge < -0.3 is 14.5 Å². The van der Waals surface area contributed by atoms with Crippen LogP contribution >= 0.6 is 0 Å². The molecule has 2 aromatic rings. The largest absolute Gasteiger partial charge is 0.375 e. The number of nitrogens with zero attached hydrogens (tertiary/aromatic N) is 5. The molecule has 0 atom stereocenters. The fraction of sp³-hybridized carbons (Fsp3) is 0.353. The van der Waals surface area contributed by atoms with Crippen LogP contribution in [-0.4, -0.2) is 60.6 Å². The maximum Gasteiger partial charge on any atom is 0.270 e. The van der Waals surface area contributed by atoms with Crippen molar-refractivity contribution in [3.8, 4) is 6.07 Å². The van der Waals surface area contributed by atoms with E-state index in [0.29, 0.717) is 48.5 Å². The SMILES string of the molecule is COCC(=O)N1CCN(c2cc(C#N)c3cc([N+](=O)[O-])ccc3n2)CC1. The first-order valence-electron chi connectivity index (χ1n) is 8.04. The molecule has 134 valence electrons. The zero-order chi connectivity index (χ0) is 18.7. The average molecular weight is 355 g/mol. The molecule has 1 amide bonds. The zero-order valence-corrected chi connectivity index (χ0v) is 14.2. The maximum absolute atomic E-state index is 11.9. The van der Waals surface area contributed by atoms with Crippen LogP contribution in [0.15, 0.2) is 24.3 Å². The Morgan fingerprint density at radius 2 is 2.08 bits per heavy atom.